The first-order chi connectivity index (χ1) is 15.0. The molecule has 1 aromatic carbocycles. The van der Waals surface area contributed by atoms with Crippen LogP contribution in [0.25, 0.3) is 6.08 Å². The summed E-state index contributed by atoms with van der Waals surface area (Å²) in [5.41, 5.74) is 6.44. The van der Waals surface area contributed by atoms with Crippen molar-refractivity contribution >= 4 is 40.8 Å². The highest BCUT2D eigenvalue weighted by atomic mass is 35.5. The Bertz CT molecular complexity index is 1040. The molecule has 2 aliphatic heterocycles. The summed E-state index contributed by atoms with van der Waals surface area (Å²) < 4.78 is 0. The minimum Gasteiger partial charge on any atom is -0.392 e. The second-order valence-corrected chi connectivity index (χ2v) is 8.40. The van der Waals surface area contributed by atoms with Gasteiger partial charge in [-0.3, -0.25) is 0 Å². The average Bonchev–Trinajstić information content (AvgIpc) is 3.31. The largest absolute Gasteiger partial charge is 0.392 e. The minimum atomic E-state index is 0.507. The summed E-state index contributed by atoms with van der Waals surface area (Å²) in [5, 5.41) is 7.00. The van der Waals surface area contributed by atoms with Crippen molar-refractivity contribution in [2.75, 3.05) is 42.3 Å². The predicted octanol–water partition coefficient (Wildman–Crippen LogP) is 5.33. The molecule has 0 amide bonds. The van der Waals surface area contributed by atoms with E-state index in [1.165, 1.54) is 18.4 Å². The van der Waals surface area contributed by atoms with Gasteiger partial charge in [0.2, 0.25) is 5.95 Å². The Morgan fingerprint density at radius 1 is 1.26 bits per heavy atom. The first kappa shape index (κ1) is 21.2. The highest BCUT2D eigenvalue weighted by molar-refractivity contribution is 6.32. The normalized spacial score (nSPS) is 15.6. The van der Waals surface area contributed by atoms with Crippen LogP contribution in [0, 0.1) is 0 Å². The lowest BCUT2D eigenvalue weighted by Crippen LogP contribution is -2.21. The first-order valence-electron chi connectivity index (χ1n) is 10.6. The van der Waals surface area contributed by atoms with E-state index in [-0.39, 0.29) is 0 Å². The predicted molar refractivity (Wildman–Crippen MR) is 131 cm³/mol. The molecule has 31 heavy (non-hydrogen) atoms. The fourth-order valence-corrected chi connectivity index (χ4v) is 4.10. The number of nitrogens with zero attached hydrogens (tertiary/aromatic N) is 4. The lowest BCUT2D eigenvalue weighted by atomic mass is 9.96. The Kier molecular flexibility index (Phi) is 6.18. The van der Waals surface area contributed by atoms with E-state index in [0.717, 1.165) is 60.2 Å². The van der Waals surface area contributed by atoms with Gasteiger partial charge < -0.3 is 20.4 Å². The van der Waals surface area contributed by atoms with Crippen molar-refractivity contribution in [3.8, 4) is 0 Å². The van der Waals surface area contributed by atoms with Crippen molar-refractivity contribution in [1.29, 1.82) is 0 Å². The number of allylic oxidation sites excluding steroid dienone is 2. The van der Waals surface area contributed by atoms with E-state index in [0.29, 0.717) is 10.8 Å². The maximum Gasteiger partial charge on any atom is 0.227 e. The van der Waals surface area contributed by atoms with Gasteiger partial charge in [-0.2, -0.15) is 4.98 Å². The molecule has 0 atom stereocenters. The zero-order valence-corrected chi connectivity index (χ0v) is 19.0. The Labute approximate surface area is 189 Å². The van der Waals surface area contributed by atoms with Crippen molar-refractivity contribution in [2.24, 2.45) is 0 Å². The van der Waals surface area contributed by atoms with Crippen LogP contribution < -0.4 is 20.4 Å². The van der Waals surface area contributed by atoms with E-state index in [9.17, 15) is 0 Å². The summed E-state index contributed by atoms with van der Waals surface area (Å²) in [6.45, 7) is 10.3. The Balaban J connectivity index is 1.59. The zero-order chi connectivity index (χ0) is 22.0. The van der Waals surface area contributed by atoms with Crippen molar-refractivity contribution in [3.05, 3.63) is 65.1 Å². The van der Waals surface area contributed by atoms with Crippen LogP contribution in [0.15, 0.2) is 54.5 Å². The Hall–Kier alpha value is -2.99. The number of anilines is 4. The topological polar surface area (TPSA) is 56.3 Å². The third-order valence-corrected chi connectivity index (χ3v) is 6.20. The molecule has 2 aliphatic rings. The second-order valence-electron chi connectivity index (χ2n) is 7.99. The van der Waals surface area contributed by atoms with E-state index >= 15 is 0 Å². The molecule has 0 spiro atoms. The third kappa shape index (κ3) is 4.54. The maximum absolute atomic E-state index is 6.39. The highest BCUT2D eigenvalue weighted by Crippen LogP contribution is 2.37. The number of likely N-dealkylation sites (N-methyl/N-ethyl adjacent to an activating group) is 1. The van der Waals surface area contributed by atoms with Crippen molar-refractivity contribution in [2.45, 2.75) is 25.7 Å². The van der Waals surface area contributed by atoms with Gasteiger partial charge in [0.15, 0.2) is 5.82 Å². The monoisotopic (exact) mass is 436 g/mol. The van der Waals surface area contributed by atoms with Crippen LogP contribution in [0.3, 0.4) is 0 Å². The molecule has 1 fully saturated rings. The third-order valence-electron chi connectivity index (χ3n) is 5.93. The Morgan fingerprint density at radius 3 is 2.77 bits per heavy atom. The van der Waals surface area contributed by atoms with Gasteiger partial charge >= 0.3 is 0 Å². The smallest absolute Gasteiger partial charge is 0.227 e. The SMILES string of the molecule is C=C(CCC1=Cc2cc(Nc3nc(N4CCCC4)ncc3Cl)ccc2N(C)C1=C)NC. The average molecular weight is 437 g/mol. The summed E-state index contributed by atoms with van der Waals surface area (Å²) in [6, 6.07) is 6.26. The van der Waals surface area contributed by atoms with Gasteiger partial charge in [0.05, 0.1) is 6.20 Å². The molecular weight excluding hydrogens is 408 g/mol. The number of aromatic nitrogens is 2. The van der Waals surface area contributed by atoms with Crippen LogP contribution in [0.2, 0.25) is 5.02 Å². The molecule has 3 heterocycles. The van der Waals surface area contributed by atoms with Crippen LogP contribution in [-0.4, -0.2) is 37.2 Å². The Morgan fingerprint density at radius 2 is 2.03 bits per heavy atom. The molecule has 162 valence electrons. The van der Waals surface area contributed by atoms with E-state index in [1.807, 2.05) is 13.1 Å². The fraction of sp³-hybridized carbons (Fsp3) is 0.333. The summed E-state index contributed by atoms with van der Waals surface area (Å²) in [7, 11) is 3.96. The summed E-state index contributed by atoms with van der Waals surface area (Å²) in [6.07, 6.45) is 8.00. The van der Waals surface area contributed by atoms with Gasteiger partial charge in [0.1, 0.15) is 5.02 Å². The van der Waals surface area contributed by atoms with Crippen LogP contribution in [-0.2, 0) is 0 Å². The van der Waals surface area contributed by atoms with Gasteiger partial charge in [-0.05, 0) is 55.5 Å². The molecule has 1 aromatic heterocycles. The van der Waals surface area contributed by atoms with Crippen LogP contribution in [0.5, 0.6) is 0 Å². The first-order valence-corrected chi connectivity index (χ1v) is 11.0. The van der Waals surface area contributed by atoms with Crippen LogP contribution >= 0.6 is 11.6 Å². The van der Waals surface area contributed by atoms with E-state index in [4.69, 9.17) is 11.6 Å². The van der Waals surface area contributed by atoms with Crippen LogP contribution in [0.4, 0.5) is 23.1 Å². The molecule has 2 aromatic rings. The van der Waals surface area contributed by atoms with Crippen LogP contribution in [0.1, 0.15) is 31.2 Å². The molecule has 2 N–H and O–H groups in total. The number of rotatable bonds is 7. The summed E-state index contributed by atoms with van der Waals surface area (Å²) in [4.78, 5) is 13.4. The van der Waals surface area contributed by atoms with Gasteiger partial charge in [0.25, 0.3) is 0 Å². The number of fused-ring (bicyclic) bond motifs is 1. The summed E-state index contributed by atoms with van der Waals surface area (Å²) in [5.74, 6) is 1.35. The molecule has 0 aliphatic carbocycles. The van der Waals surface area contributed by atoms with Crippen molar-refractivity contribution in [1.82, 2.24) is 15.3 Å². The van der Waals surface area contributed by atoms with Crippen molar-refractivity contribution < 1.29 is 0 Å². The van der Waals surface area contributed by atoms with Gasteiger partial charge in [-0.15, -0.1) is 0 Å². The number of hydrogen-bond acceptors (Lipinski definition) is 6. The molecule has 7 heteroatoms. The zero-order valence-electron chi connectivity index (χ0n) is 18.2. The van der Waals surface area contributed by atoms with Gasteiger partial charge in [-0.1, -0.05) is 24.8 Å². The lowest BCUT2D eigenvalue weighted by molar-refractivity contribution is 0.833. The number of hydrogen-bond donors (Lipinski definition) is 2. The molecule has 0 bridgehead atoms. The molecule has 0 unspecified atom stereocenters. The highest BCUT2D eigenvalue weighted by Gasteiger charge is 2.20. The standard InChI is InChI=1S/C24H29ClN6/c1-16(26-3)7-8-18-13-19-14-20(9-10-22(19)30(4)17(18)2)28-23-21(25)15-27-24(29-23)31-11-5-6-12-31/h9-10,13-15,26H,1-2,5-8,11-12H2,3-4H3,(H,27,28,29). The molecule has 1 saturated heterocycles. The fourth-order valence-electron chi connectivity index (χ4n) is 3.96. The number of benzene rings is 1. The second kappa shape index (κ2) is 9.02. The lowest BCUT2D eigenvalue weighted by Gasteiger charge is -2.30. The molecule has 0 saturated carbocycles. The number of halogens is 1. The molecule has 0 radical (unpaired) electrons. The molecule has 4 rings (SSSR count). The summed E-state index contributed by atoms with van der Waals surface area (Å²) >= 11 is 6.39. The van der Waals surface area contributed by atoms with E-state index in [2.05, 4.69) is 68.8 Å². The quantitative estimate of drug-likeness (QED) is 0.611. The number of nitrogens with one attached hydrogen (secondary N) is 2. The van der Waals surface area contributed by atoms with Crippen molar-refractivity contribution in [3.63, 3.8) is 0 Å². The minimum absolute atomic E-state index is 0.507. The molecule has 6 nitrogen and oxygen atoms in total. The van der Waals surface area contributed by atoms with E-state index < -0.39 is 0 Å². The maximum atomic E-state index is 6.39. The molecular formula is C24H29ClN6. The van der Waals surface area contributed by atoms with Gasteiger partial charge in [-0.25, -0.2) is 4.98 Å². The van der Waals surface area contributed by atoms with E-state index in [1.54, 1.807) is 6.20 Å². The van der Waals surface area contributed by atoms with Gasteiger partial charge in [0, 0.05) is 55.5 Å².